The molecule has 0 aliphatic carbocycles. The smallest absolute Gasteiger partial charge is 0.261 e. The third-order valence-corrected chi connectivity index (χ3v) is 4.28. The Labute approximate surface area is 113 Å². The van der Waals surface area contributed by atoms with Crippen LogP contribution in [0.2, 0.25) is 0 Å². The van der Waals surface area contributed by atoms with Crippen LogP contribution >= 0.6 is 11.3 Å². The Morgan fingerprint density at radius 3 is 2.61 bits per heavy atom. The molecule has 0 saturated heterocycles. The first-order valence-corrected chi connectivity index (χ1v) is 7.32. The van der Waals surface area contributed by atoms with E-state index >= 15 is 0 Å². The number of rotatable bonds is 6. The predicted octanol–water partition coefficient (Wildman–Crippen LogP) is 2.76. The fraction of sp³-hybridized carbons (Fsp3) is 0.643. The normalized spacial score (nSPS) is 12.8. The predicted molar refractivity (Wildman–Crippen MR) is 76.2 cm³/mol. The summed E-state index contributed by atoms with van der Waals surface area (Å²) in [5.74, 6) is 0.308. The van der Waals surface area contributed by atoms with E-state index in [9.17, 15) is 4.79 Å². The summed E-state index contributed by atoms with van der Waals surface area (Å²) in [5, 5.41) is 12.0. The van der Waals surface area contributed by atoms with Crippen LogP contribution in [0.15, 0.2) is 6.07 Å². The molecular formula is C14H23NO2S. The highest BCUT2D eigenvalue weighted by atomic mass is 32.1. The summed E-state index contributed by atoms with van der Waals surface area (Å²) >= 11 is 1.54. The Bertz CT molecular complexity index is 398. The van der Waals surface area contributed by atoms with Crippen molar-refractivity contribution in [1.29, 1.82) is 0 Å². The molecule has 0 aliphatic rings. The van der Waals surface area contributed by atoms with E-state index in [-0.39, 0.29) is 18.6 Å². The number of amides is 1. The molecule has 1 heterocycles. The van der Waals surface area contributed by atoms with Gasteiger partial charge in [0.15, 0.2) is 0 Å². The van der Waals surface area contributed by atoms with Crippen LogP contribution in [0.5, 0.6) is 0 Å². The Hall–Kier alpha value is -0.870. The lowest BCUT2D eigenvalue weighted by atomic mass is 10.0. The second kappa shape index (κ2) is 6.90. The summed E-state index contributed by atoms with van der Waals surface area (Å²) in [4.78, 5) is 14.1. The molecule has 1 unspecified atom stereocenters. The molecule has 1 atom stereocenters. The van der Waals surface area contributed by atoms with E-state index in [1.165, 1.54) is 10.4 Å². The van der Waals surface area contributed by atoms with Crippen molar-refractivity contribution in [1.82, 2.24) is 5.32 Å². The molecule has 4 heteroatoms. The maximum atomic E-state index is 12.1. The molecule has 3 nitrogen and oxygen atoms in total. The molecule has 1 aromatic rings. The van der Waals surface area contributed by atoms with Crippen LogP contribution < -0.4 is 5.32 Å². The molecule has 1 rings (SSSR count). The highest BCUT2D eigenvalue weighted by Gasteiger charge is 2.18. The molecule has 0 aromatic carbocycles. The van der Waals surface area contributed by atoms with Gasteiger partial charge in [-0.25, -0.2) is 0 Å². The number of hydrogen-bond donors (Lipinski definition) is 2. The third kappa shape index (κ3) is 3.82. The first kappa shape index (κ1) is 15.2. The van der Waals surface area contributed by atoms with Gasteiger partial charge in [0.05, 0.1) is 4.88 Å². The minimum atomic E-state index is -0.0186. The number of aliphatic hydroxyl groups is 1. The van der Waals surface area contributed by atoms with Gasteiger partial charge in [0, 0.05) is 17.5 Å². The second-order valence-corrected chi connectivity index (χ2v) is 6.14. The van der Waals surface area contributed by atoms with E-state index in [0.29, 0.717) is 12.3 Å². The summed E-state index contributed by atoms with van der Waals surface area (Å²) in [6, 6.07) is 2.01. The first-order chi connectivity index (χ1) is 8.49. The highest BCUT2D eigenvalue weighted by molar-refractivity contribution is 7.14. The van der Waals surface area contributed by atoms with Crippen LogP contribution in [0.4, 0.5) is 0 Å². The van der Waals surface area contributed by atoms with Gasteiger partial charge < -0.3 is 10.4 Å². The number of aliphatic hydroxyl groups excluding tert-OH is 1. The Kier molecular flexibility index (Phi) is 5.82. The number of nitrogens with one attached hydrogen (secondary N) is 1. The fourth-order valence-corrected chi connectivity index (χ4v) is 2.95. The second-order valence-electron chi connectivity index (χ2n) is 4.88. The largest absolute Gasteiger partial charge is 0.396 e. The van der Waals surface area contributed by atoms with Crippen LogP contribution in [0.1, 0.15) is 47.3 Å². The van der Waals surface area contributed by atoms with Gasteiger partial charge in [-0.2, -0.15) is 0 Å². The molecule has 1 aromatic heterocycles. The number of aryl methyl sites for hydroxylation is 2. The zero-order chi connectivity index (χ0) is 13.7. The Morgan fingerprint density at radius 2 is 2.17 bits per heavy atom. The molecule has 0 fully saturated rings. The maximum absolute atomic E-state index is 12.1. The van der Waals surface area contributed by atoms with E-state index in [2.05, 4.69) is 26.1 Å². The highest BCUT2D eigenvalue weighted by Crippen LogP contribution is 2.22. The molecule has 0 spiro atoms. The van der Waals surface area contributed by atoms with Crippen molar-refractivity contribution in [2.24, 2.45) is 5.92 Å². The lowest BCUT2D eigenvalue weighted by Crippen LogP contribution is -2.38. The minimum Gasteiger partial charge on any atom is -0.396 e. The first-order valence-electron chi connectivity index (χ1n) is 6.50. The quantitative estimate of drug-likeness (QED) is 0.834. The van der Waals surface area contributed by atoms with Gasteiger partial charge in [-0.3, -0.25) is 4.79 Å². The van der Waals surface area contributed by atoms with Gasteiger partial charge in [0.1, 0.15) is 0 Å². The van der Waals surface area contributed by atoms with Gasteiger partial charge >= 0.3 is 0 Å². The van der Waals surface area contributed by atoms with Gasteiger partial charge in [-0.1, -0.05) is 20.8 Å². The SMILES string of the molecule is CCc1cc(C(=O)NC(CCO)C(C)C)sc1C. The number of thiophene rings is 1. The van der Waals surface area contributed by atoms with Crippen LogP contribution in [-0.2, 0) is 6.42 Å². The lowest BCUT2D eigenvalue weighted by molar-refractivity contribution is 0.0920. The van der Waals surface area contributed by atoms with Crippen molar-refractivity contribution in [3.05, 3.63) is 21.4 Å². The molecule has 102 valence electrons. The Morgan fingerprint density at radius 1 is 1.50 bits per heavy atom. The van der Waals surface area contributed by atoms with Crippen molar-refractivity contribution in [2.45, 2.75) is 46.6 Å². The summed E-state index contributed by atoms with van der Waals surface area (Å²) in [5.41, 5.74) is 1.24. The maximum Gasteiger partial charge on any atom is 0.261 e. The standard InChI is InChI=1S/C14H23NO2S/c1-5-11-8-13(18-10(11)4)14(17)15-12(6-7-16)9(2)3/h8-9,12,16H,5-7H2,1-4H3,(H,15,17). The van der Waals surface area contributed by atoms with E-state index in [1.54, 1.807) is 11.3 Å². The van der Waals surface area contributed by atoms with Crippen molar-refractivity contribution >= 4 is 17.2 Å². The molecular weight excluding hydrogens is 246 g/mol. The van der Waals surface area contributed by atoms with Crippen LogP contribution in [0.3, 0.4) is 0 Å². The third-order valence-electron chi connectivity index (χ3n) is 3.19. The zero-order valence-electron chi connectivity index (χ0n) is 11.6. The van der Waals surface area contributed by atoms with Gasteiger partial charge in [0.2, 0.25) is 0 Å². The Balaban J connectivity index is 2.73. The van der Waals surface area contributed by atoms with Gasteiger partial charge in [0.25, 0.3) is 5.91 Å². The number of carbonyl (C=O) groups is 1. The van der Waals surface area contributed by atoms with Crippen LogP contribution in [-0.4, -0.2) is 23.7 Å². The molecule has 1 amide bonds. The van der Waals surface area contributed by atoms with E-state index < -0.39 is 0 Å². The topological polar surface area (TPSA) is 49.3 Å². The summed E-state index contributed by atoms with van der Waals surface area (Å²) in [6.07, 6.45) is 1.56. The van der Waals surface area contributed by atoms with Gasteiger partial charge in [-0.15, -0.1) is 11.3 Å². The number of carbonyl (C=O) groups excluding carboxylic acids is 1. The van der Waals surface area contributed by atoms with E-state index in [0.717, 1.165) is 11.3 Å². The van der Waals surface area contributed by atoms with Crippen molar-refractivity contribution in [3.63, 3.8) is 0 Å². The van der Waals surface area contributed by atoms with Crippen LogP contribution in [0.25, 0.3) is 0 Å². The van der Waals surface area contributed by atoms with Crippen molar-refractivity contribution in [3.8, 4) is 0 Å². The molecule has 0 radical (unpaired) electrons. The summed E-state index contributed by atoms with van der Waals surface area (Å²) < 4.78 is 0. The summed E-state index contributed by atoms with van der Waals surface area (Å²) in [6.45, 7) is 8.36. The molecule has 0 bridgehead atoms. The number of hydrogen-bond acceptors (Lipinski definition) is 3. The van der Waals surface area contributed by atoms with E-state index in [1.807, 2.05) is 13.0 Å². The monoisotopic (exact) mass is 269 g/mol. The minimum absolute atomic E-state index is 0.0186. The van der Waals surface area contributed by atoms with Crippen molar-refractivity contribution in [2.75, 3.05) is 6.61 Å². The molecule has 18 heavy (non-hydrogen) atoms. The molecule has 0 aliphatic heterocycles. The summed E-state index contributed by atoms with van der Waals surface area (Å²) in [7, 11) is 0. The van der Waals surface area contributed by atoms with Gasteiger partial charge in [-0.05, 0) is 37.3 Å². The average molecular weight is 269 g/mol. The molecule has 0 saturated carbocycles. The fourth-order valence-electron chi connectivity index (χ4n) is 1.93. The zero-order valence-corrected chi connectivity index (χ0v) is 12.4. The van der Waals surface area contributed by atoms with Crippen LogP contribution in [0, 0.1) is 12.8 Å². The molecule has 2 N–H and O–H groups in total. The average Bonchev–Trinajstić information content (AvgIpc) is 2.69. The van der Waals surface area contributed by atoms with E-state index in [4.69, 9.17) is 5.11 Å². The van der Waals surface area contributed by atoms with Crippen molar-refractivity contribution < 1.29 is 9.90 Å². The lowest BCUT2D eigenvalue weighted by Gasteiger charge is -2.21.